The summed E-state index contributed by atoms with van der Waals surface area (Å²) in [5.74, 6) is 1.66. The SMILES string of the molecule is O=C1NC(c2ccccc2OCC2CC2)N2CCOCC12. The Morgan fingerprint density at radius 2 is 2.19 bits per heavy atom. The predicted octanol–water partition coefficient (Wildman–Crippen LogP) is 1.30. The number of para-hydroxylation sites is 1. The summed E-state index contributed by atoms with van der Waals surface area (Å²) in [5.41, 5.74) is 1.05. The molecule has 0 aromatic heterocycles. The number of rotatable bonds is 4. The fraction of sp³-hybridized carbons (Fsp3) is 0.562. The van der Waals surface area contributed by atoms with Gasteiger partial charge in [0.15, 0.2) is 0 Å². The second kappa shape index (κ2) is 5.31. The summed E-state index contributed by atoms with van der Waals surface area (Å²) in [5, 5.41) is 3.08. The molecule has 3 fully saturated rings. The Hall–Kier alpha value is -1.59. The number of benzene rings is 1. The molecule has 112 valence electrons. The summed E-state index contributed by atoms with van der Waals surface area (Å²) in [6, 6.07) is 7.86. The number of carbonyl (C=O) groups excluding carboxylic acids is 1. The summed E-state index contributed by atoms with van der Waals surface area (Å²) < 4.78 is 11.4. The van der Waals surface area contributed by atoms with E-state index in [1.165, 1.54) is 12.8 Å². The number of hydrogen-bond acceptors (Lipinski definition) is 4. The molecule has 0 bridgehead atoms. The Balaban J connectivity index is 1.58. The number of nitrogens with one attached hydrogen (secondary N) is 1. The molecule has 2 atom stereocenters. The van der Waals surface area contributed by atoms with Crippen molar-refractivity contribution >= 4 is 5.91 Å². The van der Waals surface area contributed by atoms with Gasteiger partial charge in [-0.3, -0.25) is 9.69 Å². The molecule has 2 saturated heterocycles. The van der Waals surface area contributed by atoms with Gasteiger partial charge in [0.05, 0.1) is 19.8 Å². The monoisotopic (exact) mass is 288 g/mol. The lowest BCUT2D eigenvalue weighted by atomic mass is 10.1. The van der Waals surface area contributed by atoms with Gasteiger partial charge >= 0.3 is 0 Å². The van der Waals surface area contributed by atoms with Gasteiger partial charge in [-0.25, -0.2) is 0 Å². The zero-order chi connectivity index (χ0) is 14.2. The van der Waals surface area contributed by atoms with Crippen LogP contribution in [0.5, 0.6) is 5.75 Å². The molecule has 21 heavy (non-hydrogen) atoms. The highest BCUT2D eigenvalue weighted by Crippen LogP contribution is 2.35. The van der Waals surface area contributed by atoms with Crippen LogP contribution in [0.1, 0.15) is 24.6 Å². The topological polar surface area (TPSA) is 50.8 Å². The molecule has 1 amide bonds. The van der Waals surface area contributed by atoms with Crippen LogP contribution in [0.25, 0.3) is 0 Å². The van der Waals surface area contributed by atoms with Crippen LogP contribution in [-0.4, -0.2) is 43.2 Å². The van der Waals surface area contributed by atoms with Gasteiger partial charge in [-0.15, -0.1) is 0 Å². The highest BCUT2D eigenvalue weighted by Gasteiger charge is 2.43. The molecular formula is C16H20N2O3. The predicted molar refractivity (Wildman–Crippen MR) is 76.9 cm³/mol. The molecule has 0 spiro atoms. The Labute approximate surface area is 124 Å². The normalized spacial score (nSPS) is 29.0. The average Bonchev–Trinajstić information content (AvgIpc) is 3.30. The first-order chi connectivity index (χ1) is 10.3. The van der Waals surface area contributed by atoms with Gasteiger partial charge in [0, 0.05) is 12.1 Å². The van der Waals surface area contributed by atoms with E-state index < -0.39 is 0 Å². The second-order valence-corrected chi connectivity index (χ2v) is 6.03. The average molecular weight is 288 g/mol. The van der Waals surface area contributed by atoms with Crippen LogP contribution in [0.15, 0.2) is 24.3 Å². The van der Waals surface area contributed by atoms with Gasteiger partial charge in [0.2, 0.25) is 5.91 Å². The van der Waals surface area contributed by atoms with Crippen LogP contribution in [0, 0.1) is 5.92 Å². The van der Waals surface area contributed by atoms with Crippen LogP contribution in [0.3, 0.4) is 0 Å². The number of nitrogens with zero attached hydrogens (tertiary/aromatic N) is 1. The van der Waals surface area contributed by atoms with E-state index in [2.05, 4.69) is 10.2 Å². The van der Waals surface area contributed by atoms with Crippen molar-refractivity contribution in [2.45, 2.75) is 25.0 Å². The molecule has 1 aliphatic carbocycles. The maximum atomic E-state index is 12.1. The van der Waals surface area contributed by atoms with E-state index >= 15 is 0 Å². The first kappa shape index (κ1) is 13.1. The Morgan fingerprint density at radius 3 is 3.05 bits per heavy atom. The summed E-state index contributed by atoms with van der Waals surface area (Å²) in [4.78, 5) is 14.3. The van der Waals surface area contributed by atoms with Crippen molar-refractivity contribution in [3.8, 4) is 5.75 Å². The molecule has 3 aliphatic rings. The number of ether oxygens (including phenoxy) is 2. The van der Waals surface area contributed by atoms with E-state index in [4.69, 9.17) is 9.47 Å². The van der Waals surface area contributed by atoms with E-state index in [0.29, 0.717) is 19.1 Å². The third-order valence-electron chi connectivity index (χ3n) is 4.47. The zero-order valence-corrected chi connectivity index (χ0v) is 12.0. The lowest BCUT2D eigenvalue weighted by Gasteiger charge is -2.32. The van der Waals surface area contributed by atoms with Gasteiger partial charge in [0.25, 0.3) is 0 Å². The molecular weight excluding hydrogens is 268 g/mol. The van der Waals surface area contributed by atoms with Crippen LogP contribution in [-0.2, 0) is 9.53 Å². The first-order valence-electron chi connectivity index (χ1n) is 7.68. The molecule has 1 N–H and O–H groups in total. The van der Waals surface area contributed by atoms with Gasteiger partial charge in [0.1, 0.15) is 18.0 Å². The van der Waals surface area contributed by atoms with Gasteiger partial charge in [-0.2, -0.15) is 0 Å². The van der Waals surface area contributed by atoms with Crippen molar-refractivity contribution in [2.24, 2.45) is 5.92 Å². The third-order valence-corrected chi connectivity index (χ3v) is 4.47. The standard InChI is InChI=1S/C16H20N2O3/c19-16-13-10-20-8-7-18(13)15(17-16)12-3-1-2-4-14(12)21-9-11-5-6-11/h1-4,11,13,15H,5-10H2,(H,17,19). The highest BCUT2D eigenvalue weighted by atomic mass is 16.5. The van der Waals surface area contributed by atoms with Gasteiger partial charge in [-0.1, -0.05) is 18.2 Å². The van der Waals surface area contributed by atoms with Gasteiger partial charge in [-0.05, 0) is 24.8 Å². The van der Waals surface area contributed by atoms with Crippen molar-refractivity contribution in [3.05, 3.63) is 29.8 Å². The smallest absolute Gasteiger partial charge is 0.241 e. The van der Waals surface area contributed by atoms with Crippen molar-refractivity contribution in [3.63, 3.8) is 0 Å². The zero-order valence-electron chi connectivity index (χ0n) is 12.0. The van der Waals surface area contributed by atoms with Crippen LogP contribution >= 0.6 is 0 Å². The molecule has 1 saturated carbocycles. The number of hydrogen-bond donors (Lipinski definition) is 1. The Kier molecular flexibility index (Phi) is 3.31. The van der Waals surface area contributed by atoms with Crippen LogP contribution < -0.4 is 10.1 Å². The molecule has 1 aromatic rings. The van der Waals surface area contributed by atoms with Crippen molar-refractivity contribution < 1.29 is 14.3 Å². The molecule has 2 aliphatic heterocycles. The van der Waals surface area contributed by atoms with E-state index in [-0.39, 0.29) is 18.1 Å². The lowest BCUT2D eigenvalue weighted by Crippen LogP contribution is -2.44. The van der Waals surface area contributed by atoms with E-state index in [0.717, 1.165) is 24.5 Å². The Morgan fingerprint density at radius 1 is 1.33 bits per heavy atom. The quantitative estimate of drug-likeness (QED) is 0.907. The first-order valence-corrected chi connectivity index (χ1v) is 7.68. The minimum atomic E-state index is -0.166. The van der Waals surface area contributed by atoms with E-state index in [1.54, 1.807) is 0 Å². The lowest BCUT2D eigenvalue weighted by molar-refractivity contribution is -0.125. The number of morpholine rings is 1. The fourth-order valence-electron chi connectivity index (χ4n) is 3.05. The highest BCUT2D eigenvalue weighted by molar-refractivity contribution is 5.84. The van der Waals surface area contributed by atoms with Crippen molar-refractivity contribution in [2.75, 3.05) is 26.4 Å². The molecule has 2 unspecified atom stereocenters. The second-order valence-electron chi connectivity index (χ2n) is 6.03. The summed E-state index contributed by atoms with van der Waals surface area (Å²) in [7, 11) is 0. The molecule has 0 radical (unpaired) electrons. The number of fused-ring (bicyclic) bond motifs is 1. The minimum Gasteiger partial charge on any atom is -0.493 e. The fourth-order valence-corrected chi connectivity index (χ4v) is 3.05. The third kappa shape index (κ3) is 2.51. The summed E-state index contributed by atoms with van der Waals surface area (Å²) in [6.07, 6.45) is 2.45. The largest absolute Gasteiger partial charge is 0.493 e. The number of amides is 1. The van der Waals surface area contributed by atoms with Crippen LogP contribution in [0.2, 0.25) is 0 Å². The maximum absolute atomic E-state index is 12.1. The summed E-state index contributed by atoms with van der Waals surface area (Å²) >= 11 is 0. The molecule has 1 aromatic carbocycles. The van der Waals surface area contributed by atoms with Crippen molar-refractivity contribution in [1.29, 1.82) is 0 Å². The van der Waals surface area contributed by atoms with Gasteiger partial charge < -0.3 is 14.8 Å². The number of carbonyl (C=O) groups is 1. The Bertz CT molecular complexity index is 544. The minimum absolute atomic E-state index is 0.0525. The molecule has 5 nitrogen and oxygen atoms in total. The van der Waals surface area contributed by atoms with Crippen LogP contribution in [0.4, 0.5) is 0 Å². The molecule has 5 heteroatoms. The molecule has 4 rings (SSSR count). The summed E-state index contributed by atoms with van der Waals surface area (Å²) in [6.45, 7) is 2.70. The molecule has 2 heterocycles. The maximum Gasteiger partial charge on any atom is 0.241 e. The van der Waals surface area contributed by atoms with Crippen molar-refractivity contribution in [1.82, 2.24) is 10.2 Å². The van der Waals surface area contributed by atoms with E-state index in [1.807, 2.05) is 24.3 Å². The van der Waals surface area contributed by atoms with E-state index in [9.17, 15) is 4.79 Å².